The summed E-state index contributed by atoms with van der Waals surface area (Å²) in [5, 5.41) is 9.09. The molecule has 1 aromatic rings. The maximum absolute atomic E-state index is 12.2. The monoisotopic (exact) mass is 333 g/mol. The van der Waals surface area contributed by atoms with Gasteiger partial charge in [-0.2, -0.15) is 11.8 Å². The molecule has 0 aliphatic carbocycles. The number of sulfonamides is 1. The van der Waals surface area contributed by atoms with E-state index in [4.69, 9.17) is 9.84 Å². The van der Waals surface area contributed by atoms with Crippen LogP contribution in [0.25, 0.3) is 0 Å². The van der Waals surface area contributed by atoms with Gasteiger partial charge < -0.3 is 9.84 Å². The summed E-state index contributed by atoms with van der Waals surface area (Å²) in [4.78, 5) is 11.0. The van der Waals surface area contributed by atoms with E-state index in [9.17, 15) is 13.2 Å². The molecule has 2 N–H and O–H groups in total. The first-order chi connectivity index (χ1) is 9.81. The number of ether oxygens (including phenoxy) is 1. The Labute approximate surface area is 128 Å². The van der Waals surface area contributed by atoms with E-state index < -0.39 is 16.0 Å². The zero-order valence-corrected chi connectivity index (χ0v) is 13.8. The number of aromatic carboxylic acids is 1. The zero-order chi connectivity index (χ0) is 16.0. The van der Waals surface area contributed by atoms with Crippen LogP contribution in [0.15, 0.2) is 23.1 Å². The third-order valence-electron chi connectivity index (χ3n) is 2.64. The highest BCUT2D eigenvalue weighted by molar-refractivity contribution is 7.99. The van der Waals surface area contributed by atoms with Crippen molar-refractivity contribution in [2.75, 3.05) is 18.6 Å². The molecule has 0 bridgehead atoms. The Hall–Kier alpha value is -1.25. The lowest BCUT2D eigenvalue weighted by Gasteiger charge is -2.14. The minimum atomic E-state index is -3.75. The number of hydrogen-bond donors (Lipinski definition) is 2. The molecule has 0 spiro atoms. The van der Waals surface area contributed by atoms with Gasteiger partial charge in [-0.05, 0) is 30.9 Å². The highest BCUT2D eigenvalue weighted by atomic mass is 32.2. The molecule has 8 heteroatoms. The summed E-state index contributed by atoms with van der Waals surface area (Å²) in [7, 11) is -2.42. The zero-order valence-electron chi connectivity index (χ0n) is 12.1. The summed E-state index contributed by atoms with van der Waals surface area (Å²) in [6.45, 7) is 3.76. The maximum Gasteiger partial charge on any atom is 0.339 e. The molecule has 0 saturated carbocycles. The van der Waals surface area contributed by atoms with E-state index in [0.29, 0.717) is 5.75 Å². The number of carbonyl (C=O) groups is 1. The fraction of sp³-hybridized carbons (Fsp3) is 0.462. The Kier molecular flexibility index (Phi) is 6.50. The van der Waals surface area contributed by atoms with Crippen molar-refractivity contribution in [1.82, 2.24) is 4.72 Å². The number of hydrogen-bond acceptors (Lipinski definition) is 5. The molecule has 0 aliphatic heterocycles. The van der Waals surface area contributed by atoms with E-state index in [1.54, 1.807) is 18.7 Å². The molecule has 1 rings (SSSR count). The fourth-order valence-electron chi connectivity index (χ4n) is 1.68. The number of carboxylic acids is 1. The molecule has 118 valence electrons. The van der Waals surface area contributed by atoms with Crippen LogP contribution in [0.1, 0.15) is 24.2 Å². The lowest BCUT2D eigenvalue weighted by Crippen LogP contribution is -2.34. The third kappa shape index (κ3) is 4.90. The molecule has 0 aromatic heterocycles. The molecule has 1 aromatic carbocycles. The Morgan fingerprint density at radius 3 is 2.67 bits per heavy atom. The minimum Gasteiger partial charge on any atom is -0.496 e. The Morgan fingerprint density at radius 1 is 1.48 bits per heavy atom. The standard InChI is InChI=1S/C13H19NO5S2/c1-4-20-8-9(2)14-21(17,18)10-5-6-12(19-3)11(7-10)13(15)16/h5-7,9,14H,4,8H2,1-3H3,(H,15,16). The van der Waals surface area contributed by atoms with E-state index in [0.717, 1.165) is 11.8 Å². The Balaban J connectivity index is 3.03. The summed E-state index contributed by atoms with van der Waals surface area (Å²) < 4.78 is 31.9. The molecule has 1 atom stereocenters. The van der Waals surface area contributed by atoms with Gasteiger partial charge in [-0.25, -0.2) is 17.9 Å². The first-order valence-electron chi connectivity index (χ1n) is 6.33. The van der Waals surface area contributed by atoms with Crippen LogP contribution in [0.4, 0.5) is 0 Å². The number of benzene rings is 1. The number of methoxy groups -OCH3 is 1. The number of carboxylic acid groups (broad SMARTS) is 1. The first kappa shape index (κ1) is 17.8. The summed E-state index contributed by atoms with van der Waals surface area (Å²) in [6, 6.07) is 3.52. The van der Waals surface area contributed by atoms with Gasteiger partial charge in [-0.15, -0.1) is 0 Å². The second-order valence-corrected chi connectivity index (χ2v) is 7.38. The van der Waals surface area contributed by atoms with E-state index in [2.05, 4.69) is 4.72 Å². The average Bonchev–Trinajstić information content (AvgIpc) is 2.43. The SMILES string of the molecule is CCSCC(C)NS(=O)(=O)c1ccc(OC)c(C(=O)O)c1. The second kappa shape index (κ2) is 7.67. The predicted molar refractivity (Wildman–Crippen MR) is 82.7 cm³/mol. The highest BCUT2D eigenvalue weighted by Gasteiger charge is 2.21. The van der Waals surface area contributed by atoms with Crippen LogP contribution >= 0.6 is 11.8 Å². The molecule has 21 heavy (non-hydrogen) atoms. The van der Waals surface area contributed by atoms with Gasteiger partial charge in [0.05, 0.1) is 12.0 Å². The normalized spacial score (nSPS) is 12.9. The van der Waals surface area contributed by atoms with E-state index in [1.165, 1.54) is 19.2 Å². The number of thioether (sulfide) groups is 1. The molecule has 0 fully saturated rings. The maximum atomic E-state index is 12.2. The van der Waals surface area contributed by atoms with E-state index in [-0.39, 0.29) is 22.3 Å². The van der Waals surface area contributed by atoms with Crippen molar-refractivity contribution < 1.29 is 23.1 Å². The summed E-state index contributed by atoms with van der Waals surface area (Å²) in [5.74, 6) is 0.435. The summed E-state index contributed by atoms with van der Waals surface area (Å²) in [6.07, 6.45) is 0. The quantitative estimate of drug-likeness (QED) is 0.754. The van der Waals surface area contributed by atoms with E-state index in [1.807, 2.05) is 6.92 Å². The third-order valence-corrected chi connectivity index (χ3v) is 5.37. The van der Waals surface area contributed by atoms with Crippen LogP contribution in [0, 0.1) is 0 Å². The largest absolute Gasteiger partial charge is 0.496 e. The van der Waals surface area contributed by atoms with Crippen molar-refractivity contribution in [2.45, 2.75) is 24.8 Å². The highest BCUT2D eigenvalue weighted by Crippen LogP contribution is 2.22. The van der Waals surface area contributed by atoms with Gasteiger partial charge in [0, 0.05) is 11.8 Å². The number of nitrogens with one attached hydrogen (secondary N) is 1. The fourth-order valence-corrected chi connectivity index (χ4v) is 3.73. The smallest absolute Gasteiger partial charge is 0.339 e. The van der Waals surface area contributed by atoms with Gasteiger partial charge in [0.15, 0.2) is 0 Å². The lowest BCUT2D eigenvalue weighted by atomic mass is 10.2. The van der Waals surface area contributed by atoms with Gasteiger partial charge in [0.1, 0.15) is 11.3 Å². The van der Waals surface area contributed by atoms with E-state index >= 15 is 0 Å². The van der Waals surface area contributed by atoms with Gasteiger partial charge in [0.2, 0.25) is 10.0 Å². The Morgan fingerprint density at radius 2 is 2.14 bits per heavy atom. The van der Waals surface area contributed by atoms with Crippen molar-refractivity contribution >= 4 is 27.8 Å². The first-order valence-corrected chi connectivity index (χ1v) is 8.97. The van der Waals surface area contributed by atoms with Crippen LogP contribution in [0.2, 0.25) is 0 Å². The van der Waals surface area contributed by atoms with Crippen LogP contribution in [0.5, 0.6) is 5.75 Å². The van der Waals surface area contributed by atoms with Crippen LogP contribution in [0.3, 0.4) is 0 Å². The van der Waals surface area contributed by atoms with Crippen LogP contribution in [-0.2, 0) is 10.0 Å². The lowest BCUT2D eigenvalue weighted by molar-refractivity contribution is 0.0693. The van der Waals surface area contributed by atoms with Crippen LogP contribution in [-0.4, -0.2) is 44.2 Å². The molecule has 1 unspecified atom stereocenters. The van der Waals surface area contributed by atoms with Crippen molar-refractivity contribution in [2.24, 2.45) is 0 Å². The number of rotatable bonds is 8. The molecule has 0 radical (unpaired) electrons. The molecule has 6 nitrogen and oxygen atoms in total. The van der Waals surface area contributed by atoms with Gasteiger partial charge in [0.25, 0.3) is 0 Å². The van der Waals surface area contributed by atoms with Gasteiger partial charge >= 0.3 is 5.97 Å². The average molecular weight is 333 g/mol. The molecule has 0 amide bonds. The summed E-state index contributed by atoms with van der Waals surface area (Å²) >= 11 is 1.63. The van der Waals surface area contributed by atoms with Gasteiger partial charge in [-0.1, -0.05) is 6.92 Å². The molecular weight excluding hydrogens is 314 g/mol. The minimum absolute atomic E-state index is 0.0888. The predicted octanol–water partition coefficient (Wildman–Crippen LogP) is 1.81. The summed E-state index contributed by atoms with van der Waals surface area (Å²) in [5.41, 5.74) is -0.184. The molecule has 0 aliphatic rings. The van der Waals surface area contributed by atoms with Crippen LogP contribution < -0.4 is 9.46 Å². The topological polar surface area (TPSA) is 92.7 Å². The van der Waals surface area contributed by atoms with Crippen molar-refractivity contribution in [3.05, 3.63) is 23.8 Å². The molecule has 0 saturated heterocycles. The molecule has 0 heterocycles. The molecular formula is C13H19NO5S2. The van der Waals surface area contributed by atoms with Crippen molar-refractivity contribution in [1.29, 1.82) is 0 Å². The Bertz CT molecular complexity index is 601. The second-order valence-electron chi connectivity index (χ2n) is 4.35. The van der Waals surface area contributed by atoms with Gasteiger partial charge in [-0.3, -0.25) is 0 Å². The van der Waals surface area contributed by atoms with Crippen molar-refractivity contribution in [3.8, 4) is 5.75 Å². The van der Waals surface area contributed by atoms with Crippen molar-refractivity contribution in [3.63, 3.8) is 0 Å².